The minimum absolute atomic E-state index is 0.667. The molecule has 0 aliphatic rings. The van der Waals surface area contributed by atoms with E-state index in [0.717, 1.165) is 25.9 Å². The first-order valence-electron chi connectivity index (χ1n) is 9.26. The third kappa shape index (κ3) is 19.7. The van der Waals surface area contributed by atoms with Gasteiger partial charge in [0, 0.05) is 0 Å². The van der Waals surface area contributed by atoms with Gasteiger partial charge in [0.25, 0.3) is 0 Å². The largest absolute Gasteiger partial charge is 0.274 e. The van der Waals surface area contributed by atoms with Crippen molar-refractivity contribution in [2.45, 2.75) is 73.6 Å². The summed E-state index contributed by atoms with van der Waals surface area (Å²) in [5.74, 6) is 0. The minimum atomic E-state index is 0.667. The maximum absolute atomic E-state index is 5.27. The Kier molecular flexibility index (Phi) is 23.7. The Morgan fingerprint density at radius 2 is 0.913 bits per heavy atom. The summed E-state index contributed by atoms with van der Waals surface area (Å²) < 4.78 is 0. The van der Waals surface area contributed by atoms with Crippen LogP contribution in [0.3, 0.4) is 0 Å². The van der Waals surface area contributed by atoms with Crippen LogP contribution in [0.2, 0.25) is 0 Å². The van der Waals surface area contributed by atoms with Gasteiger partial charge in [-0.05, 0) is 40.5 Å². The summed E-state index contributed by atoms with van der Waals surface area (Å²) in [7, 11) is 0. The van der Waals surface area contributed by atoms with Gasteiger partial charge in [-0.3, -0.25) is 19.4 Å². The lowest BCUT2D eigenvalue weighted by molar-refractivity contribution is -0.364. The third-order valence-electron chi connectivity index (χ3n) is 2.69. The molecule has 0 spiro atoms. The molecule has 0 rings (SSSR count). The molecule has 23 heavy (non-hydrogen) atoms. The van der Waals surface area contributed by atoms with E-state index < -0.39 is 0 Å². The monoisotopic (exact) mass is 336 g/mol. The fourth-order valence-electron chi connectivity index (χ4n) is 1.76. The van der Waals surface area contributed by atoms with Gasteiger partial charge in [0.2, 0.25) is 0 Å². The fourth-order valence-corrected chi connectivity index (χ4v) is 1.76. The highest BCUT2D eigenvalue weighted by Crippen LogP contribution is 2.02. The van der Waals surface area contributed by atoms with E-state index in [4.69, 9.17) is 19.4 Å². The normalized spacial score (nSPS) is 11.0. The summed E-state index contributed by atoms with van der Waals surface area (Å²) >= 11 is 0. The van der Waals surface area contributed by atoms with E-state index in [-0.39, 0.29) is 0 Å². The van der Waals surface area contributed by atoms with E-state index in [1.54, 1.807) is 10.5 Å². The van der Waals surface area contributed by atoms with Crippen molar-refractivity contribution in [1.29, 1.82) is 0 Å². The van der Waals surface area contributed by atoms with Crippen LogP contribution in [0, 0.1) is 0 Å². The van der Waals surface area contributed by atoms with Gasteiger partial charge in [0.05, 0.1) is 39.5 Å². The molecule has 0 aliphatic heterocycles. The van der Waals surface area contributed by atoms with Crippen molar-refractivity contribution >= 4 is 0 Å². The molecule has 0 amide bonds. The summed E-state index contributed by atoms with van der Waals surface area (Å²) in [6, 6.07) is 0. The van der Waals surface area contributed by atoms with Gasteiger partial charge in [-0.25, -0.2) is 0 Å². The van der Waals surface area contributed by atoms with Crippen LogP contribution in [0.15, 0.2) is 0 Å². The molecule has 0 aromatic heterocycles. The van der Waals surface area contributed by atoms with Crippen LogP contribution in [-0.2, 0) is 19.4 Å². The van der Waals surface area contributed by atoms with E-state index in [0.29, 0.717) is 26.4 Å². The SMILES string of the molecule is CCCCCCN(OCC)OCC.CCCN(OCC)OCC. The molecule has 0 heterocycles. The molecular formula is C17H40N2O4. The molecule has 0 aliphatic carbocycles. The van der Waals surface area contributed by atoms with Crippen molar-refractivity contribution in [2.24, 2.45) is 0 Å². The summed E-state index contributed by atoms with van der Waals surface area (Å²) in [6.45, 7) is 16.5. The molecule has 6 nitrogen and oxygen atoms in total. The first kappa shape index (κ1) is 25.0. The number of nitrogens with zero attached hydrogens (tertiary/aromatic N) is 2. The summed E-state index contributed by atoms with van der Waals surface area (Å²) in [5, 5.41) is 3.15. The Morgan fingerprint density at radius 1 is 0.478 bits per heavy atom. The standard InChI is InChI=1S/C10H23NO2.C7H17NO2/c1-4-7-8-9-10-11(12-5-2)13-6-3;1-4-7-8(9-5-2)10-6-3/h4-10H2,1-3H3;4-7H2,1-3H3. The predicted octanol–water partition coefficient (Wildman–Crippen LogP) is 4.37. The maximum Gasteiger partial charge on any atom is 0.0683 e. The van der Waals surface area contributed by atoms with Crippen molar-refractivity contribution in [2.75, 3.05) is 39.5 Å². The van der Waals surface area contributed by atoms with Crippen molar-refractivity contribution in [3.63, 3.8) is 0 Å². The van der Waals surface area contributed by atoms with Crippen LogP contribution >= 0.6 is 0 Å². The highest BCUT2D eigenvalue weighted by atomic mass is 17.0. The molecule has 0 aromatic carbocycles. The van der Waals surface area contributed by atoms with Crippen molar-refractivity contribution < 1.29 is 19.4 Å². The van der Waals surface area contributed by atoms with E-state index in [1.807, 2.05) is 27.7 Å². The predicted molar refractivity (Wildman–Crippen MR) is 94.3 cm³/mol. The fraction of sp³-hybridized carbons (Fsp3) is 1.00. The summed E-state index contributed by atoms with van der Waals surface area (Å²) in [4.78, 5) is 20.8. The maximum atomic E-state index is 5.27. The Morgan fingerprint density at radius 3 is 1.26 bits per heavy atom. The van der Waals surface area contributed by atoms with E-state index in [1.165, 1.54) is 19.3 Å². The van der Waals surface area contributed by atoms with Crippen LogP contribution < -0.4 is 0 Å². The second-order valence-corrected chi connectivity index (χ2v) is 4.84. The van der Waals surface area contributed by atoms with Gasteiger partial charge in [0.15, 0.2) is 0 Å². The Hall–Kier alpha value is -0.240. The van der Waals surface area contributed by atoms with Crippen LogP contribution in [0.25, 0.3) is 0 Å². The van der Waals surface area contributed by atoms with Crippen LogP contribution in [-0.4, -0.2) is 50.0 Å². The zero-order valence-corrected chi connectivity index (χ0v) is 16.3. The van der Waals surface area contributed by atoms with Crippen molar-refractivity contribution in [3.8, 4) is 0 Å². The second-order valence-electron chi connectivity index (χ2n) is 4.84. The lowest BCUT2D eigenvalue weighted by atomic mass is 10.2. The summed E-state index contributed by atoms with van der Waals surface area (Å²) in [6.07, 6.45) is 6.01. The number of hydroxylamine groups is 4. The first-order valence-corrected chi connectivity index (χ1v) is 9.26. The summed E-state index contributed by atoms with van der Waals surface area (Å²) in [5.41, 5.74) is 0. The Bertz CT molecular complexity index is 189. The number of rotatable bonds is 15. The molecule has 142 valence electrons. The zero-order chi connectivity index (χ0) is 17.8. The van der Waals surface area contributed by atoms with Gasteiger partial charge in [-0.2, -0.15) is 0 Å². The lowest BCUT2D eigenvalue weighted by Crippen LogP contribution is -2.25. The minimum Gasteiger partial charge on any atom is -0.274 e. The van der Waals surface area contributed by atoms with Crippen molar-refractivity contribution in [1.82, 2.24) is 10.5 Å². The first-order chi connectivity index (χ1) is 11.2. The molecular weight excluding hydrogens is 296 g/mol. The number of hydrogen-bond acceptors (Lipinski definition) is 6. The Labute approximate surface area is 143 Å². The highest BCUT2D eigenvalue weighted by molar-refractivity contribution is 4.41. The average Bonchev–Trinajstić information content (AvgIpc) is 2.53. The van der Waals surface area contributed by atoms with Gasteiger partial charge in [-0.1, -0.05) is 43.6 Å². The highest BCUT2D eigenvalue weighted by Gasteiger charge is 2.02. The van der Waals surface area contributed by atoms with Crippen molar-refractivity contribution in [3.05, 3.63) is 0 Å². The smallest absolute Gasteiger partial charge is 0.0683 e. The molecule has 6 heteroatoms. The zero-order valence-electron chi connectivity index (χ0n) is 16.3. The van der Waals surface area contributed by atoms with Gasteiger partial charge < -0.3 is 0 Å². The molecule has 0 aromatic rings. The van der Waals surface area contributed by atoms with Crippen LogP contribution in [0.1, 0.15) is 73.6 Å². The molecule has 0 saturated carbocycles. The van der Waals surface area contributed by atoms with E-state index >= 15 is 0 Å². The quantitative estimate of drug-likeness (QED) is 0.327. The molecule has 0 fully saturated rings. The van der Waals surface area contributed by atoms with E-state index in [2.05, 4.69) is 13.8 Å². The molecule has 0 unspecified atom stereocenters. The van der Waals surface area contributed by atoms with Gasteiger partial charge in [-0.15, -0.1) is 0 Å². The average molecular weight is 337 g/mol. The molecule has 0 N–H and O–H groups in total. The van der Waals surface area contributed by atoms with Gasteiger partial charge >= 0.3 is 0 Å². The van der Waals surface area contributed by atoms with Crippen LogP contribution in [0.4, 0.5) is 0 Å². The molecule has 0 saturated heterocycles. The van der Waals surface area contributed by atoms with Crippen LogP contribution in [0.5, 0.6) is 0 Å². The molecule has 0 radical (unpaired) electrons. The molecule has 0 bridgehead atoms. The Balaban J connectivity index is 0. The number of unbranched alkanes of at least 4 members (excludes halogenated alkanes) is 3. The lowest BCUT2D eigenvalue weighted by Gasteiger charge is -2.19. The van der Waals surface area contributed by atoms with E-state index in [9.17, 15) is 0 Å². The topological polar surface area (TPSA) is 43.4 Å². The molecule has 0 atom stereocenters. The third-order valence-corrected chi connectivity index (χ3v) is 2.69. The second kappa shape index (κ2) is 21.8. The number of hydrogen-bond donors (Lipinski definition) is 0. The van der Waals surface area contributed by atoms with Gasteiger partial charge in [0.1, 0.15) is 0 Å².